The van der Waals surface area contributed by atoms with Crippen LogP contribution in [0, 0.1) is 0 Å². The highest BCUT2D eigenvalue weighted by Crippen LogP contribution is 2.63. The second-order valence-electron chi connectivity index (χ2n) is 32.2. The van der Waals surface area contributed by atoms with Gasteiger partial charge in [0.15, 0.2) is 0 Å². The van der Waals surface area contributed by atoms with Crippen LogP contribution in [-0.4, -0.2) is 12.3 Å². The molecule has 0 radical (unpaired) electrons. The molecule has 85 heavy (non-hydrogen) atoms. The van der Waals surface area contributed by atoms with Crippen LogP contribution in [0.4, 0.5) is 45.5 Å². The van der Waals surface area contributed by atoms with E-state index in [4.69, 9.17) is 0 Å². The Kier molecular flexibility index (Phi) is 11.7. The highest BCUT2D eigenvalue weighted by Gasteiger charge is 2.59. The summed E-state index contributed by atoms with van der Waals surface area (Å²) in [6.45, 7) is 39.5. The summed E-state index contributed by atoms with van der Waals surface area (Å²) in [5.74, 6) is 0. The molecule has 3 aliphatic heterocycles. The quantitative estimate of drug-likeness (QED) is 0.163. The van der Waals surface area contributed by atoms with Gasteiger partial charge >= 0.3 is 0 Å². The van der Waals surface area contributed by atoms with Gasteiger partial charge in [-0.3, -0.25) is 0 Å². The fourth-order valence-electron chi connectivity index (χ4n) is 17.3. The van der Waals surface area contributed by atoms with Crippen molar-refractivity contribution in [2.45, 2.75) is 206 Å². The molecule has 1 fully saturated rings. The number of anilines is 8. The maximum atomic E-state index is 2.89. The first-order chi connectivity index (χ1) is 40.1. The minimum absolute atomic E-state index is 0.00345. The van der Waals surface area contributed by atoms with Crippen LogP contribution < -0.4 is 31.1 Å². The van der Waals surface area contributed by atoms with E-state index in [0.717, 1.165) is 25.7 Å². The zero-order valence-corrected chi connectivity index (χ0v) is 54.7. The Hall–Kier alpha value is -6.56. The van der Waals surface area contributed by atoms with Crippen LogP contribution in [0.2, 0.25) is 0 Å². The molecule has 8 aromatic carbocycles. The van der Waals surface area contributed by atoms with Crippen LogP contribution in [0.25, 0.3) is 31.3 Å². The van der Waals surface area contributed by atoms with Crippen molar-refractivity contribution in [3.05, 3.63) is 185 Å². The molecule has 5 heteroatoms. The van der Waals surface area contributed by atoms with Crippen molar-refractivity contribution >= 4 is 100 Å². The number of benzene rings is 8. The van der Waals surface area contributed by atoms with Gasteiger partial charge in [-0.2, -0.15) is 0 Å². The van der Waals surface area contributed by atoms with E-state index in [9.17, 15) is 0 Å². The van der Waals surface area contributed by atoms with Crippen molar-refractivity contribution < 1.29 is 0 Å². The van der Waals surface area contributed by atoms with E-state index >= 15 is 0 Å². The fraction of sp³-hybridized carbons (Fsp3) is 0.400. The fourth-order valence-corrected chi connectivity index (χ4v) is 18.6. The summed E-state index contributed by atoms with van der Waals surface area (Å²) in [6.07, 6.45) is 9.41. The third kappa shape index (κ3) is 7.88. The van der Waals surface area contributed by atoms with Crippen molar-refractivity contribution in [2.75, 3.05) is 14.7 Å². The standard InChI is InChI=1S/C80H88BN3S/c1-73(2,3)50-28-34-64(56(42-50)49-24-18-17-19-25-49)83-68-46-53(84-65-35-29-51(74(4,5)6)43-61(65)79(15)36-22-23-37-80(79,84)16)45-67-70(68)81(62-33-31-55-54-26-20-21-27-69(54)85-72(55)71(62)83)63-47-59-60(78(13,14)41-40-77(59,11)12)48-66(63)82(67)52-30-32-57-58(44-52)76(9,10)39-38-75(57,7)8/h17-21,24-35,42-48H,22-23,36-41H2,1-16H3. The van der Waals surface area contributed by atoms with Crippen LogP contribution >= 0.6 is 11.3 Å². The minimum Gasteiger partial charge on any atom is -0.334 e. The number of fused-ring (bicyclic) bond motifs is 13. The maximum absolute atomic E-state index is 2.89. The molecular formula is C80H88BN3S. The van der Waals surface area contributed by atoms with Crippen LogP contribution in [0.3, 0.4) is 0 Å². The summed E-state index contributed by atoms with van der Waals surface area (Å²) in [7, 11) is 0. The highest BCUT2D eigenvalue weighted by molar-refractivity contribution is 7.26. The Morgan fingerprint density at radius 2 is 1.01 bits per heavy atom. The molecule has 2 unspecified atom stereocenters. The van der Waals surface area contributed by atoms with Gasteiger partial charge in [0.25, 0.3) is 6.71 Å². The zero-order chi connectivity index (χ0) is 59.5. The van der Waals surface area contributed by atoms with Gasteiger partial charge in [0.1, 0.15) is 0 Å². The van der Waals surface area contributed by atoms with Crippen molar-refractivity contribution in [1.82, 2.24) is 0 Å². The van der Waals surface area contributed by atoms with E-state index < -0.39 is 0 Å². The molecule has 9 aromatic rings. The topological polar surface area (TPSA) is 9.72 Å². The molecule has 4 heterocycles. The normalized spacial score (nSPS) is 22.1. The highest BCUT2D eigenvalue weighted by atomic mass is 32.1. The predicted octanol–water partition coefficient (Wildman–Crippen LogP) is 20.8. The lowest BCUT2D eigenvalue weighted by molar-refractivity contribution is 0.195. The molecular weight excluding hydrogens is 1050 g/mol. The van der Waals surface area contributed by atoms with Gasteiger partial charge in [-0.25, -0.2) is 0 Å². The summed E-state index contributed by atoms with van der Waals surface area (Å²) in [5, 5.41) is 2.66. The first-order valence-electron chi connectivity index (χ1n) is 32.3. The smallest absolute Gasteiger partial charge is 0.252 e. The van der Waals surface area contributed by atoms with Crippen LogP contribution in [0.5, 0.6) is 0 Å². The monoisotopic (exact) mass is 1130 g/mol. The molecule has 2 atom stereocenters. The number of thiophene rings is 1. The Balaban J connectivity index is 1.13. The predicted molar refractivity (Wildman–Crippen MR) is 370 cm³/mol. The van der Waals surface area contributed by atoms with E-state index in [1.54, 1.807) is 0 Å². The summed E-state index contributed by atoms with van der Waals surface area (Å²) < 4.78 is 2.68. The van der Waals surface area contributed by atoms with Crippen LogP contribution in [-0.2, 0) is 37.9 Å². The van der Waals surface area contributed by atoms with Gasteiger partial charge in [-0.1, -0.05) is 208 Å². The van der Waals surface area contributed by atoms with E-state index in [0.29, 0.717) is 0 Å². The molecule has 432 valence electrons. The number of rotatable bonds is 4. The molecule has 3 nitrogen and oxygen atoms in total. The van der Waals surface area contributed by atoms with E-state index in [1.165, 1.54) is 158 Å². The molecule has 0 spiro atoms. The molecule has 1 aromatic heterocycles. The van der Waals surface area contributed by atoms with E-state index in [-0.39, 0.29) is 50.2 Å². The second kappa shape index (κ2) is 18.0. The van der Waals surface area contributed by atoms with Crippen molar-refractivity contribution in [1.29, 1.82) is 0 Å². The molecule has 3 aliphatic carbocycles. The molecule has 0 amide bonds. The first-order valence-corrected chi connectivity index (χ1v) is 33.1. The third-order valence-electron chi connectivity index (χ3n) is 23.0. The summed E-state index contributed by atoms with van der Waals surface area (Å²) in [4.78, 5) is 8.49. The second-order valence-corrected chi connectivity index (χ2v) is 33.2. The van der Waals surface area contributed by atoms with Gasteiger partial charge in [0.2, 0.25) is 0 Å². The summed E-state index contributed by atoms with van der Waals surface area (Å²) in [5.41, 5.74) is 27.2. The molecule has 6 aliphatic rings. The van der Waals surface area contributed by atoms with Gasteiger partial charge in [0.05, 0.1) is 21.6 Å². The number of nitrogens with zero attached hydrogens (tertiary/aromatic N) is 3. The first kappa shape index (κ1) is 55.1. The lowest BCUT2D eigenvalue weighted by atomic mass is 9.33. The van der Waals surface area contributed by atoms with Crippen LogP contribution in [0.1, 0.15) is 201 Å². The van der Waals surface area contributed by atoms with Crippen molar-refractivity contribution in [3.8, 4) is 11.1 Å². The lowest BCUT2D eigenvalue weighted by Crippen LogP contribution is -2.62. The minimum atomic E-state index is -0.183. The SMILES string of the molecule is CC(C)(C)c1ccc(N2c3cc(N4c5ccc(C(C)(C)C)cc5C5(C)CCCCC45C)cc4c3B(c3cc5c(cc3N4c3ccc4c(c3)C(C)(C)CCC4(C)C)C(C)(C)CCC5(C)C)c3ccc4c(sc5ccccc54)c32)c(-c2ccccc2)c1. The van der Waals surface area contributed by atoms with Gasteiger partial charge in [-0.15, -0.1) is 11.3 Å². The van der Waals surface area contributed by atoms with Gasteiger partial charge < -0.3 is 14.7 Å². The van der Waals surface area contributed by atoms with E-state index in [2.05, 4.69) is 271 Å². The lowest BCUT2D eigenvalue weighted by Gasteiger charge is -2.51. The molecule has 0 bridgehead atoms. The number of hydrogen-bond donors (Lipinski definition) is 0. The maximum Gasteiger partial charge on any atom is 0.252 e. The molecule has 15 rings (SSSR count). The molecule has 0 saturated heterocycles. The largest absolute Gasteiger partial charge is 0.334 e. The number of hydrogen-bond acceptors (Lipinski definition) is 4. The summed E-state index contributed by atoms with van der Waals surface area (Å²) in [6, 6.07) is 59.2. The molecule has 1 saturated carbocycles. The Bertz CT molecular complexity index is 4290. The van der Waals surface area contributed by atoms with Crippen molar-refractivity contribution in [2.24, 2.45) is 0 Å². The summed E-state index contributed by atoms with van der Waals surface area (Å²) >= 11 is 1.98. The van der Waals surface area contributed by atoms with Gasteiger partial charge in [-0.05, 0) is 193 Å². The van der Waals surface area contributed by atoms with Crippen molar-refractivity contribution in [3.63, 3.8) is 0 Å². The van der Waals surface area contributed by atoms with Gasteiger partial charge in [0, 0.05) is 60.6 Å². The van der Waals surface area contributed by atoms with Crippen LogP contribution in [0.15, 0.2) is 146 Å². The molecule has 0 N–H and O–H groups in total. The average Bonchev–Trinajstić information content (AvgIpc) is 1.68. The Morgan fingerprint density at radius 3 is 1.69 bits per heavy atom. The Morgan fingerprint density at radius 1 is 0.424 bits per heavy atom. The third-order valence-corrected chi connectivity index (χ3v) is 24.2. The average molecular weight is 1130 g/mol. The zero-order valence-electron chi connectivity index (χ0n) is 53.8. The Labute approximate surface area is 513 Å². The van der Waals surface area contributed by atoms with E-state index in [1.807, 2.05) is 11.3 Å².